The molecule has 110 valence electrons. The van der Waals surface area contributed by atoms with E-state index in [0.29, 0.717) is 12.3 Å². The fourth-order valence-corrected chi connectivity index (χ4v) is 3.10. The molecule has 0 aromatic rings. The molecular formula is C15H27NO3. The Balaban J connectivity index is 2.85. The zero-order valence-corrected chi connectivity index (χ0v) is 12.6. The average Bonchev–Trinajstić information content (AvgIpc) is 2.79. The number of carbonyl (C=O) groups is 2. The number of rotatable bonds is 6. The maximum absolute atomic E-state index is 12.6. The molecular weight excluding hydrogens is 242 g/mol. The van der Waals surface area contributed by atoms with Gasteiger partial charge in [0.25, 0.3) is 0 Å². The van der Waals surface area contributed by atoms with Gasteiger partial charge in [0.15, 0.2) is 0 Å². The Bertz CT molecular complexity index is 327. The highest BCUT2D eigenvalue weighted by Gasteiger charge is 2.43. The second kappa shape index (κ2) is 6.92. The molecule has 1 saturated carbocycles. The smallest absolute Gasteiger partial charge is 0.307 e. The van der Waals surface area contributed by atoms with Crippen LogP contribution in [0.4, 0.5) is 0 Å². The van der Waals surface area contributed by atoms with Crippen molar-refractivity contribution in [3.05, 3.63) is 0 Å². The van der Waals surface area contributed by atoms with Crippen molar-refractivity contribution in [2.24, 2.45) is 17.8 Å². The molecule has 0 aromatic heterocycles. The van der Waals surface area contributed by atoms with Crippen molar-refractivity contribution in [3.63, 3.8) is 0 Å². The second-order valence-corrected chi connectivity index (χ2v) is 5.92. The van der Waals surface area contributed by atoms with Crippen molar-refractivity contribution in [2.75, 3.05) is 6.54 Å². The Morgan fingerprint density at radius 1 is 1.21 bits per heavy atom. The van der Waals surface area contributed by atoms with Crippen molar-refractivity contribution in [2.45, 2.75) is 59.4 Å². The number of carbonyl (C=O) groups excluding carboxylic acids is 1. The van der Waals surface area contributed by atoms with E-state index >= 15 is 0 Å². The van der Waals surface area contributed by atoms with Gasteiger partial charge < -0.3 is 10.0 Å². The third kappa shape index (κ3) is 3.71. The monoisotopic (exact) mass is 269 g/mol. The lowest BCUT2D eigenvalue weighted by molar-refractivity contribution is -0.149. The summed E-state index contributed by atoms with van der Waals surface area (Å²) in [5.41, 5.74) is 0. The molecule has 1 fully saturated rings. The molecule has 19 heavy (non-hydrogen) atoms. The van der Waals surface area contributed by atoms with Crippen LogP contribution in [0.5, 0.6) is 0 Å². The molecule has 0 saturated heterocycles. The molecule has 1 N–H and O–H groups in total. The van der Waals surface area contributed by atoms with Crippen LogP contribution in [0.25, 0.3) is 0 Å². The van der Waals surface area contributed by atoms with Gasteiger partial charge in [-0.1, -0.05) is 20.3 Å². The van der Waals surface area contributed by atoms with Crippen molar-refractivity contribution in [1.29, 1.82) is 0 Å². The minimum absolute atomic E-state index is 0.0419. The van der Waals surface area contributed by atoms with Crippen LogP contribution in [-0.4, -0.2) is 34.5 Å². The van der Waals surface area contributed by atoms with Gasteiger partial charge in [-0.15, -0.1) is 0 Å². The third-order valence-corrected chi connectivity index (χ3v) is 4.24. The molecule has 3 atom stereocenters. The van der Waals surface area contributed by atoms with Gasteiger partial charge in [0.1, 0.15) is 0 Å². The fourth-order valence-electron chi connectivity index (χ4n) is 3.10. The number of hydrogen-bond donors (Lipinski definition) is 1. The van der Waals surface area contributed by atoms with Crippen LogP contribution < -0.4 is 0 Å². The van der Waals surface area contributed by atoms with Crippen LogP contribution in [0.3, 0.4) is 0 Å². The van der Waals surface area contributed by atoms with Gasteiger partial charge in [-0.25, -0.2) is 0 Å². The van der Waals surface area contributed by atoms with E-state index in [2.05, 4.69) is 6.92 Å². The Kier molecular flexibility index (Phi) is 5.83. The molecule has 4 nitrogen and oxygen atoms in total. The first-order chi connectivity index (χ1) is 8.92. The molecule has 1 aliphatic carbocycles. The minimum Gasteiger partial charge on any atom is -0.481 e. The summed E-state index contributed by atoms with van der Waals surface area (Å²) in [5, 5.41) is 9.33. The van der Waals surface area contributed by atoms with E-state index in [1.54, 1.807) is 0 Å². The Hall–Kier alpha value is -1.06. The number of carboxylic acid groups (broad SMARTS) is 1. The van der Waals surface area contributed by atoms with Gasteiger partial charge in [-0.05, 0) is 39.0 Å². The van der Waals surface area contributed by atoms with Crippen LogP contribution in [0.15, 0.2) is 0 Å². The fraction of sp³-hybridized carbons (Fsp3) is 0.867. The predicted molar refractivity (Wildman–Crippen MR) is 74.8 cm³/mol. The number of nitrogens with zero attached hydrogens (tertiary/aromatic N) is 1. The number of amides is 1. The molecule has 1 unspecified atom stereocenters. The third-order valence-electron chi connectivity index (χ3n) is 4.24. The summed E-state index contributed by atoms with van der Waals surface area (Å²) in [6.07, 6.45) is 3.26. The molecule has 0 radical (unpaired) electrons. The van der Waals surface area contributed by atoms with Crippen LogP contribution in [0.2, 0.25) is 0 Å². The molecule has 4 heteroatoms. The van der Waals surface area contributed by atoms with Gasteiger partial charge in [0.2, 0.25) is 5.91 Å². The van der Waals surface area contributed by atoms with Crippen molar-refractivity contribution >= 4 is 11.9 Å². The van der Waals surface area contributed by atoms with Crippen LogP contribution in [0, 0.1) is 17.8 Å². The lowest BCUT2D eigenvalue weighted by Gasteiger charge is -2.30. The molecule has 1 aliphatic rings. The number of aliphatic carboxylic acids is 1. The van der Waals surface area contributed by atoms with Crippen LogP contribution >= 0.6 is 0 Å². The Morgan fingerprint density at radius 2 is 1.79 bits per heavy atom. The van der Waals surface area contributed by atoms with Crippen molar-refractivity contribution in [3.8, 4) is 0 Å². The highest BCUT2D eigenvalue weighted by molar-refractivity contribution is 5.85. The molecule has 0 heterocycles. The number of hydrogen-bond acceptors (Lipinski definition) is 2. The maximum Gasteiger partial charge on any atom is 0.307 e. The lowest BCUT2D eigenvalue weighted by atomic mass is 9.94. The summed E-state index contributed by atoms with van der Waals surface area (Å²) in [7, 11) is 0. The lowest BCUT2D eigenvalue weighted by Crippen LogP contribution is -2.43. The highest BCUT2D eigenvalue weighted by atomic mass is 16.4. The normalized spacial score (nSPS) is 26.7. The molecule has 0 spiro atoms. The van der Waals surface area contributed by atoms with Gasteiger partial charge in [0, 0.05) is 12.6 Å². The average molecular weight is 269 g/mol. The zero-order valence-electron chi connectivity index (χ0n) is 12.6. The van der Waals surface area contributed by atoms with Crippen LogP contribution in [0.1, 0.15) is 53.4 Å². The van der Waals surface area contributed by atoms with E-state index in [0.717, 1.165) is 25.8 Å². The number of carboxylic acids is 1. The summed E-state index contributed by atoms with van der Waals surface area (Å²) in [6, 6.07) is 0.141. The van der Waals surface area contributed by atoms with E-state index < -0.39 is 11.9 Å². The van der Waals surface area contributed by atoms with Crippen molar-refractivity contribution < 1.29 is 14.7 Å². The first-order valence-corrected chi connectivity index (χ1v) is 7.45. The zero-order chi connectivity index (χ0) is 14.6. The first kappa shape index (κ1) is 16.0. The summed E-state index contributed by atoms with van der Waals surface area (Å²) < 4.78 is 0. The van der Waals surface area contributed by atoms with Gasteiger partial charge in [0.05, 0.1) is 11.8 Å². The van der Waals surface area contributed by atoms with E-state index in [1.807, 2.05) is 25.7 Å². The minimum atomic E-state index is -0.811. The Labute approximate surface area is 116 Å². The van der Waals surface area contributed by atoms with Gasteiger partial charge in [-0.2, -0.15) is 0 Å². The summed E-state index contributed by atoms with van der Waals surface area (Å²) in [6.45, 7) is 8.82. The van der Waals surface area contributed by atoms with Gasteiger partial charge >= 0.3 is 5.97 Å². The highest BCUT2D eigenvalue weighted by Crippen LogP contribution is 2.39. The van der Waals surface area contributed by atoms with E-state index in [-0.39, 0.29) is 17.9 Å². The molecule has 0 aliphatic heterocycles. The standard InChI is InChI=1S/C15H27NO3/c1-5-7-16(10(3)4)14(17)12-8-11(6-2)9-13(12)15(18)19/h10-13H,5-9H2,1-4H3,(H,18,19)/t11?,12-,13+/m0/s1. The van der Waals surface area contributed by atoms with Gasteiger partial charge in [-0.3, -0.25) is 9.59 Å². The topological polar surface area (TPSA) is 57.6 Å². The van der Waals surface area contributed by atoms with Crippen LogP contribution in [-0.2, 0) is 9.59 Å². The summed E-state index contributed by atoms with van der Waals surface area (Å²) >= 11 is 0. The molecule has 0 aromatic carbocycles. The molecule has 1 amide bonds. The maximum atomic E-state index is 12.6. The summed E-state index contributed by atoms with van der Waals surface area (Å²) in [4.78, 5) is 25.8. The van der Waals surface area contributed by atoms with E-state index in [4.69, 9.17) is 0 Å². The first-order valence-electron chi connectivity index (χ1n) is 7.45. The Morgan fingerprint density at radius 3 is 2.21 bits per heavy atom. The summed E-state index contributed by atoms with van der Waals surface area (Å²) in [5.74, 6) is -1.20. The van der Waals surface area contributed by atoms with E-state index in [9.17, 15) is 14.7 Å². The SMILES string of the molecule is CCCN(C(=O)[C@H]1CC(CC)C[C@H]1C(=O)O)C(C)C. The predicted octanol–water partition coefficient (Wildman–Crippen LogP) is 2.77. The van der Waals surface area contributed by atoms with E-state index in [1.165, 1.54) is 0 Å². The second-order valence-electron chi connectivity index (χ2n) is 5.92. The molecule has 0 bridgehead atoms. The largest absolute Gasteiger partial charge is 0.481 e. The quantitative estimate of drug-likeness (QED) is 0.806. The molecule has 1 rings (SSSR count). The van der Waals surface area contributed by atoms with Crippen molar-refractivity contribution in [1.82, 2.24) is 4.90 Å².